The van der Waals surface area contributed by atoms with Gasteiger partial charge in [0, 0.05) is 17.9 Å². The van der Waals surface area contributed by atoms with Gasteiger partial charge in [-0.25, -0.2) is 0 Å². The predicted octanol–water partition coefficient (Wildman–Crippen LogP) is 2.70. The van der Waals surface area contributed by atoms with E-state index in [9.17, 15) is 4.79 Å². The van der Waals surface area contributed by atoms with Crippen LogP contribution in [0.2, 0.25) is 0 Å². The summed E-state index contributed by atoms with van der Waals surface area (Å²) in [7, 11) is 0. The van der Waals surface area contributed by atoms with Gasteiger partial charge in [-0.05, 0) is 17.9 Å². The van der Waals surface area contributed by atoms with Crippen molar-refractivity contribution in [2.75, 3.05) is 23.0 Å². The van der Waals surface area contributed by atoms with Gasteiger partial charge in [0.2, 0.25) is 0 Å². The van der Waals surface area contributed by atoms with Gasteiger partial charge >= 0.3 is 0 Å². The summed E-state index contributed by atoms with van der Waals surface area (Å²) in [5.74, 6) is 5.24. The Bertz CT molecular complexity index is 266. The average molecular weight is 264 g/mol. The van der Waals surface area contributed by atoms with Crippen LogP contribution in [-0.4, -0.2) is 37.0 Å². The molecular formula is C9H12OS4. The minimum absolute atomic E-state index is 0.00264. The van der Waals surface area contributed by atoms with Gasteiger partial charge in [0.25, 0.3) is 0 Å². The van der Waals surface area contributed by atoms with Crippen molar-refractivity contribution in [3.05, 3.63) is 0 Å². The maximum atomic E-state index is 12.3. The van der Waals surface area contributed by atoms with Crippen LogP contribution in [-0.2, 0) is 4.79 Å². The van der Waals surface area contributed by atoms with Crippen molar-refractivity contribution in [2.45, 2.75) is 21.0 Å². The van der Waals surface area contributed by atoms with Gasteiger partial charge in [-0.3, -0.25) is 4.79 Å². The van der Waals surface area contributed by atoms with Gasteiger partial charge in [0.1, 0.15) is 8.16 Å². The van der Waals surface area contributed by atoms with E-state index < -0.39 is 0 Å². The third kappa shape index (κ3) is 1.31. The number of ketones is 1. The molecule has 1 nitrogen and oxygen atoms in total. The molecule has 0 unspecified atom stereocenters. The standard InChI is InChI=1S/C9H12OS4/c10-7-8(11-2-1-3-12-8)6-9(7)13-4-5-14-9/h1-6H2. The second-order valence-corrected chi connectivity index (χ2v) is 9.85. The first-order valence-corrected chi connectivity index (χ1v) is 8.82. The first kappa shape index (κ1) is 10.2. The Kier molecular flexibility index (Phi) is 2.59. The van der Waals surface area contributed by atoms with Gasteiger partial charge in [-0.1, -0.05) is 0 Å². The molecule has 1 aliphatic carbocycles. The SMILES string of the molecule is O=C1C2(CC13SCCS3)SCCCS2. The highest BCUT2D eigenvalue weighted by atomic mass is 32.2. The summed E-state index contributed by atoms with van der Waals surface area (Å²) in [5, 5.41) is 0. The zero-order chi connectivity index (χ0) is 9.65. The Morgan fingerprint density at radius 1 is 0.857 bits per heavy atom. The van der Waals surface area contributed by atoms with Crippen LogP contribution < -0.4 is 0 Å². The number of hydrogen-bond acceptors (Lipinski definition) is 5. The van der Waals surface area contributed by atoms with E-state index >= 15 is 0 Å². The van der Waals surface area contributed by atoms with Crippen molar-refractivity contribution in [1.29, 1.82) is 0 Å². The lowest BCUT2D eigenvalue weighted by Gasteiger charge is -2.51. The van der Waals surface area contributed by atoms with Crippen LogP contribution in [0.4, 0.5) is 0 Å². The first-order valence-electron chi connectivity index (χ1n) is 4.88. The number of thioether (sulfide) groups is 4. The van der Waals surface area contributed by atoms with Gasteiger partial charge in [-0.15, -0.1) is 47.0 Å². The summed E-state index contributed by atoms with van der Waals surface area (Å²) >= 11 is 7.60. The second-order valence-electron chi connectivity index (χ2n) is 3.76. The molecule has 1 saturated carbocycles. The maximum Gasteiger partial charge on any atom is 0.185 e. The molecular weight excluding hydrogens is 252 g/mol. The molecule has 2 aliphatic heterocycles. The summed E-state index contributed by atoms with van der Waals surface area (Å²) in [6.07, 6.45) is 2.39. The molecule has 0 aromatic carbocycles. The highest BCUT2D eigenvalue weighted by Crippen LogP contribution is 2.66. The van der Waals surface area contributed by atoms with Crippen LogP contribution in [0.1, 0.15) is 12.8 Å². The molecule has 0 bridgehead atoms. The topological polar surface area (TPSA) is 17.1 Å². The Balaban J connectivity index is 1.78. The number of carbonyl (C=O) groups excluding carboxylic acids is 1. The van der Waals surface area contributed by atoms with Crippen molar-refractivity contribution in [3.63, 3.8) is 0 Å². The van der Waals surface area contributed by atoms with Crippen LogP contribution >= 0.6 is 47.0 Å². The third-order valence-electron chi connectivity index (χ3n) is 2.87. The smallest absolute Gasteiger partial charge is 0.185 e. The fourth-order valence-corrected chi connectivity index (χ4v) is 9.68. The van der Waals surface area contributed by atoms with Crippen LogP contribution in [0.15, 0.2) is 0 Å². The highest BCUT2D eigenvalue weighted by molar-refractivity contribution is 8.25. The molecule has 0 radical (unpaired) electrons. The summed E-state index contributed by atoms with van der Waals surface area (Å²) in [5.41, 5.74) is 0. The lowest BCUT2D eigenvalue weighted by atomic mass is 9.94. The molecule has 2 heterocycles. The first-order chi connectivity index (χ1) is 6.78. The molecule has 3 aliphatic rings. The monoisotopic (exact) mass is 264 g/mol. The van der Waals surface area contributed by atoms with Gasteiger partial charge < -0.3 is 0 Å². The Hall–Kier alpha value is 1.07. The van der Waals surface area contributed by atoms with Crippen molar-refractivity contribution >= 4 is 52.8 Å². The number of hydrogen-bond donors (Lipinski definition) is 0. The van der Waals surface area contributed by atoms with Crippen molar-refractivity contribution in [3.8, 4) is 0 Å². The fraction of sp³-hybridized carbons (Fsp3) is 0.889. The number of rotatable bonds is 0. The Labute approximate surface area is 101 Å². The zero-order valence-corrected chi connectivity index (χ0v) is 11.0. The molecule has 0 amide bonds. The maximum absolute atomic E-state index is 12.3. The molecule has 0 aromatic heterocycles. The largest absolute Gasteiger partial charge is 0.295 e. The summed E-state index contributed by atoms with van der Waals surface area (Å²) in [6, 6.07) is 0. The molecule has 3 fully saturated rings. The minimum atomic E-state index is -0.0113. The van der Waals surface area contributed by atoms with Crippen molar-refractivity contribution in [2.24, 2.45) is 0 Å². The lowest BCUT2D eigenvalue weighted by Crippen LogP contribution is -2.60. The van der Waals surface area contributed by atoms with E-state index in [0.29, 0.717) is 5.78 Å². The summed E-state index contributed by atoms with van der Waals surface area (Å²) < 4.78 is -0.0140. The fourth-order valence-electron chi connectivity index (χ4n) is 2.15. The Morgan fingerprint density at radius 3 is 1.86 bits per heavy atom. The molecule has 5 heteroatoms. The van der Waals surface area contributed by atoms with E-state index in [1.54, 1.807) is 0 Å². The quantitative estimate of drug-likeness (QED) is 0.667. The predicted molar refractivity (Wildman–Crippen MR) is 69.5 cm³/mol. The summed E-state index contributed by atoms with van der Waals surface area (Å²) in [4.78, 5) is 12.3. The Morgan fingerprint density at radius 2 is 1.36 bits per heavy atom. The average Bonchev–Trinajstić information content (AvgIpc) is 2.70. The van der Waals surface area contributed by atoms with Crippen molar-refractivity contribution in [1.82, 2.24) is 0 Å². The molecule has 3 rings (SSSR count). The normalized spacial score (nSPS) is 33.6. The van der Waals surface area contributed by atoms with Gasteiger partial charge in [0.05, 0.1) is 0 Å². The number of Topliss-reactive ketones (excluding diaryl/α,β-unsaturated/α-hetero) is 1. The highest BCUT2D eigenvalue weighted by Gasteiger charge is 2.66. The van der Waals surface area contributed by atoms with E-state index in [1.807, 2.05) is 47.0 Å². The molecule has 78 valence electrons. The minimum Gasteiger partial charge on any atom is -0.295 e. The molecule has 0 aromatic rings. The van der Waals surface area contributed by atoms with Gasteiger partial charge in [0.15, 0.2) is 5.78 Å². The van der Waals surface area contributed by atoms with Crippen molar-refractivity contribution < 1.29 is 4.79 Å². The zero-order valence-electron chi connectivity index (χ0n) is 7.78. The molecule has 0 atom stereocenters. The third-order valence-corrected chi connectivity index (χ3v) is 9.53. The molecule has 2 spiro atoms. The van der Waals surface area contributed by atoms with Gasteiger partial charge in [-0.2, -0.15) is 0 Å². The van der Waals surface area contributed by atoms with Crippen LogP contribution in [0, 0.1) is 0 Å². The van der Waals surface area contributed by atoms with E-state index in [4.69, 9.17) is 0 Å². The van der Waals surface area contributed by atoms with Crippen LogP contribution in [0.25, 0.3) is 0 Å². The molecule has 0 N–H and O–H groups in total. The molecule has 2 saturated heterocycles. The van der Waals surface area contributed by atoms with E-state index in [2.05, 4.69) is 0 Å². The van der Waals surface area contributed by atoms with E-state index in [-0.39, 0.29) is 8.16 Å². The molecule has 14 heavy (non-hydrogen) atoms. The van der Waals surface area contributed by atoms with Crippen LogP contribution in [0.5, 0.6) is 0 Å². The second kappa shape index (κ2) is 3.54. The number of carbonyl (C=O) groups is 1. The van der Waals surface area contributed by atoms with Crippen LogP contribution in [0.3, 0.4) is 0 Å². The van der Waals surface area contributed by atoms with E-state index in [0.717, 1.165) is 6.42 Å². The van der Waals surface area contributed by atoms with E-state index in [1.165, 1.54) is 29.4 Å². The summed E-state index contributed by atoms with van der Waals surface area (Å²) in [6.45, 7) is 0. The lowest BCUT2D eigenvalue weighted by molar-refractivity contribution is -0.124.